The van der Waals surface area contributed by atoms with Gasteiger partial charge in [0.25, 0.3) is 5.91 Å². The van der Waals surface area contributed by atoms with E-state index in [9.17, 15) is 4.79 Å². The number of hydrogen-bond donors (Lipinski definition) is 2. The molecule has 0 radical (unpaired) electrons. The summed E-state index contributed by atoms with van der Waals surface area (Å²) < 4.78 is 0. The molecule has 0 saturated heterocycles. The van der Waals surface area contributed by atoms with Crippen molar-refractivity contribution in [1.82, 2.24) is 5.32 Å². The zero-order chi connectivity index (χ0) is 10.7. The summed E-state index contributed by atoms with van der Waals surface area (Å²) in [5.41, 5.74) is 8.00. The molecule has 76 valence electrons. The van der Waals surface area contributed by atoms with E-state index in [1.165, 1.54) is 0 Å². The molecule has 1 aliphatic rings. The second kappa shape index (κ2) is 4.16. The maximum Gasteiger partial charge on any atom is 0.251 e. The van der Waals surface area contributed by atoms with E-state index in [1.807, 2.05) is 18.2 Å². The first kappa shape index (κ1) is 9.75. The van der Waals surface area contributed by atoms with Crippen molar-refractivity contribution in [2.45, 2.75) is 13.0 Å². The van der Waals surface area contributed by atoms with Crippen LogP contribution in [-0.2, 0) is 6.54 Å². The first-order valence-electron chi connectivity index (χ1n) is 4.91. The van der Waals surface area contributed by atoms with Crippen LogP contribution >= 0.6 is 0 Å². The summed E-state index contributed by atoms with van der Waals surface area (Å²) in [6.07, 6.45) is 0.684. The maximum absolute atomic E-state index is 11.4. The minimum Gasteiger partial charge on any atom is -0.348 e. The molecule has 1 aromatic rings. The summed E-state index contributed by atoms with van der Waals surface area (Å²) in [5, 5.41) is 2.77. The standard InChI is InChI=1S/C12H12N2O/c13-6-2-1-3-9-4-5-10-8-14-12(15)11(10)7-9/h4-5,7H,2,6,8,13H2,(H,14,15). The molecule has 0 fully saturated rings. The van der Waals surface area contributed by atoms with Crippen LogP contribution in [-0.4, -0.2) is 12.5 Å². The highest BCUT2D eigenvalue weighted by atomic mass is 16.1. The van der Waals surface area contributed by atoms with Crippen LogP contribution in [0.2, 0.25) is 0 Å². The second-order valence-electron chi connectivity index (χ2n) is 3.40. The zero-order valence-electron chi connectivity index (χ0n) is 8.34. The van der Waals surface area contributed by atoms with E-state index < -0.39 is 0 Å². The Morgan fingerprint density at radius 2 is 2.33 bits per heavy atom. The number of fused-ring (bicyclic) bond motifs is 1. The van der Waals surface area contributed by atoms with Crippen molar-refractivity contribution < 1.29 is 4.79 Å². The van der Waals surface area contributed by atoms with Crippen molar-refractivity contribution >= 4 is 5.91 Å². The molecule has 0 saturated carbocycles. The topological polar surface area (TPSA) is 55.1 Å². The fraction of sp³-hybridized carbons (Fsp3) is 0.250. The Balaban J connectivity index is 2.27. The van der Waals surface area contributed by atoms with E-state index in [0.29, 0.717) is 19.5 Å². The molecule has 1 aromatic carbocycles. The van der Waals surface area contributed by atoms with Crippen molar-refractivity contribution in [1.29, 1.82) is 0 Å². The molecule has 3 heteroatoms. The number of amides is 1. The minimum absolute atomic E-state index is 0.00697. The van der Waals surface area contributed by atoms with Crippen LogP contribution in [0.15, 0.2) is 18.2 Å². The van der Waals surface area contributed by atoms with E-state index in [0.717, 1.165) is 16.7 Å². The molecule has 2 rings (SSSR count). The first-order chi connectivity index (χ1) is 7.31. The largest absolute Gasteiger partial charge is 0.348 e. The van der Waals surface area contributed by atoms with E-state index in [-0.39, 0.29) is 5.91 Å². The number of carbonyl (C=O) groups is 1. The lowest BCUT2D eigenvalue weighted by atomic mass is 10.1. The summed E-state index contributed by atoms with van der Waals surface area (Å²) in [4.78, 5) is 11.4. The van der Waals surface area contributed by atoms with Crippen molar-refractivity contribution in [2.75, 3.05) is 6.54 Å². The summed E-state index contributed by atoms with van der Waals surface area (Å²) in [5.74, 6) is 5.93. The minimum atomic E-state index is -0.00697. The quantitative estimate of drug-likeness (QED) is 0.653. The van der Waals surface area contributed by atoms with Crippen LogP contribution < -0.4 is 11.1 Å². The Morgan fingerprint density at radius 3 is 3.13 bits per heavy atom. The third-order valence-electron chi connectivity index (χ3n) is 2.30. The van der Waals surface area contributed by atoms with Crippen LogP contribution in [0, 0.1) is 11.8 Å². The molecule has 0 bridgehead atoms. The van der Waals surface area contributed by atoms with Gasteiger partial charge in [0.2, 0.25) is 0 Å². The van der Waals surface area contributed by atoms with Gasteiger partial charge < -0.3 is 11.1 Å². The Morgan fingerprint density at radius 1 is 1.47 bits per heavy atom. The van der Waals surface area contributed by atoms with Crippen LogP contribution in [0.4, 0.5) is 0 Å². The molecular formula is C12H12N2O. The van der Waals surface area contributed by atoms with Gasteiger partial charge in [-0.1, -0.05) is 17.9 Å². The SMILES string of the molecule is NCCC#Cc1ccc2c(c1)C(=O)NC2. The highest BCUT2D eigenvalue weighted by Gasteiger charge is 2.17. The molecule has 0 atom stereocenters. The van der Waals surface area contributed by atoms with Crippen LogP contribution in [0.1, 0.15) is 27.9 Å². The first-order valence-corrected chi connectivity index (χ1v) is 4.91. The van der Waals surface area contributed by atoms with E-state index in [1.54, 1.807) is 0 Å². The number of benzene rings is 1. The number of rotatable bonds is 1. The van der Waals surface area contributed by atoms with Crippen molar-refractivity contribution in [3.8, 4) is 11.8 Å². The van der Waals surface area contributed by atoms with Gasteiger partial charge in [0.1, 0.15) is 0 Å². The molecule has 15 heavy (non-hydrogen) atoms. The van der Waals surface area contributed by atoms with Gasteiger partial charge in [-0.05, 0) is 17.7 Å². The molecule has 1 amide bonds. The number of nitrogens with one attached hydrogen (secondary N) is 1. The lowest BCUT2D eigenvalue weighted by molar-refractivity contribution is 0.0965. The third kappa shape index (κ3) is 2.00. The van der Waals surface area contributed by atoms with Crippen molar-refractivity contribution in [3.05, 3.63) is 34.9 Å². The van der Waals surface area contributed by atoms with E-state index in [2.05, 4.69) is 17.2 Å². The van der Waals surface area contributed by atoms with Gasteiger partial charge in [0.05, 0.1) is 0 Å². The summed E-state index contributed by atoms with van der Waals surface area (Å²) in [6, 6.07) is 5.71. The molecule has 0 unspecified atom stereocenters. The van der Waals surface area contributed by atoms with Gasteiger partial charge in [-0.3, -0.25) is 4.79 Å². The van der Waals surface area contributed by atoms with Gasteiger partial charge in [-0.15, -0.1) is 0 Å². The van der Waals surface area contributed by atoms with Crippen molar-refractivity contribution in [2.24, 2.45) is 5.73 Å². The van der Waals surface area contributed by atoms with Gasteiger partial charge >= 0.3 is 0 Å². The van der Waals surface area contributed by atoms with Crippen LogP contribution in [0.5, 0.6) is 0 Å². The van der Waals surface area contributed by atoms with Gasteiger partial charge in [0, 0.05) is 30.6 Å². The fourth-order valence-electron chi connectivity index (χ4n) is 1.53. The predicted octanol–water partition coefficient (Wildman–Crippen LogP) is 0.630. The Bertz CT molecular complexity index is 454. The highest BCUT2D eigenvalue weighted by Crippen LogP contribution is 2.16. The average Bonchev–Trinajstić information content (AvgIpc) is 2.61. The van der Waals surface area contributed by atoms with Gasteiger partial charge in [0.15, 0.2) is 0 Å². The van der Waals surface area contributed by atoms with E-state index in [4.69, 9.17) is 5.73 Å². The lowest BCUT2D eigenvalue weighted by Gasteiger charge is -1.95. The summed E-state index contributed by atoms with van der Waals surface area (Å²) in [7, 11) is 0. The molecule has 3 nitrogen and oxygen atoms in total. The monoisotopic (exact) mass is 200 g/mol. The van der Waals surface area contributed by atoms with Crippen molar-refractivity contribution in [3.63, 3.8) is 0 Å². The molecule has 1 aliphatic heterocycles. The summed E-state index contributed by atoms with van der Waals surface area (Å²) in [6.45, 7) is 1.20. The van der Waals surface area contributed by atoms with Gasteiger partial charge in [-0.25, -0.2) is 0 Å². The highest BCUT2D eigenvalue weighted by molar-refractivity contribution is 5.98. The fourth-order valence-corrected chi connectivity index (χ4v) is 1.53. The zero-order valence-corrected chi connectivity index (χ0v) is 8.34. The number of nitrogens with two attached hydrogens (primary N) is 1. The lowest BCUT2D eigenvalue weighted by Crippen LogP contribution is -2.12. The van der Waals surface area contributed by atoms with Gasteiger partial charge in [-0.2, -0.15) is 0 Å². The molecular weight excluding hydrogens is 188 g/mol. The smallest absolute Gasteiger partial charge is 0.251 e. The predicted molar refractivity (Wildman–Crippen MR) is 58.2 cm³/mol. The molecule has 0 spiro atoms. The summed E-state index contributed by atoms with van der Waals surface area (Å²) >= 11 is 0. The Kier molecular flexibility index (Phi) is 2.70. The average molecular weight is 200 g/mol. The third-order valence-corrected chi connectivity index (χ3v) is 2.30. The normalized spacial score (nSPS) is 12.7. The maximum atomic E-state index is 11.4. The van der Waals surface area contributed by atoms with E-state index >= 15 is 0 Å². The number of carbonyl (C=O) groups excluding carboxylic acids is 1. The second-order valence-corrected chi connectivity index (χ2v) is 3.40. The van der Waals surface area contributed by atoms with Crippen LogP contribution in [0.3, 0.4) is 0 Å². The Labute approximate surface area is 88.7 Å². The number of hydrogen-bond acceptors (Lipinski definition) is 2. The molecule has 1 heterocycles. The van der Waals surface area contributed by atoms with Crippen LogP contribution in [0.25, 0.3) is 0 Å². The Hall–Kier alpha value is -1.79. The molecule has 0 aliphatic carbocycles. The molecule has 0 aromatic heterocycles. The molecule has 3 N–H and O–H groups in total.